The third kappa shape index (κ3) is 4.70. The number of benzene rings is 6. The molecule has 6 aromatic carbocycles. The van der Waals surface area contributed by atoms with E-state index in [1.807, 2.05) is 91.0 Å². The van der Waals surface area contributed by atoms with E-state index in [0.29, 0.717) is 23.0 Å². The second kappa shape index (κ2) is 10.9. The maximum Gasteiger partial charge on any atom is 0.164 e. The second-order valence-electron chi connectivity index (χ2n) is 9.98. The summed E-state index contributed by atoms with van der Waals surface area (Å²) < 4.78 is 0. The van der Waals surface area contributed by atoms with Crippen molar-refractivity contribution < 1.29 is 0 Å². The van der Waals surface area contributed by atoms with Crippen molar-refractivity contribution >= 4 is 10.8 Å². The largest absolute Gasteiger partial charge is 0.208 e. The van der Waals surface area contributed by atoms with Crippen LogP contribution in [0.25, 0.3) is 67.2 Å². The predicted molar refractivity (Wildman–Crippen MR) is 169 cm³/mol. The molecule has 0 spiro atoms. The van der Waals surface area contributed by atoms with Gasteiger partial charge in [0.1, 0.15) is 0 Å². The van der Waals surface area contributed by atoms with Crippen LogP contribution in [0.4, 0.5) is 0 Å². The summed E-state index contributed by atoms with van der Waals surface area (Å²) in [7, 11) is 0. The van der Waals surface area contributed by atoms with Crippen LogP contribution >= 0.6 is 0 Å². The van der Waals surface area contributed by atoms with Gasteiger partial charge in [-0.05, 0) is 45.7 Å². The summed E-state index contributed by atoms with van der Waals surface area (Å²) in [6.45, 7) is 0. The smallest absolute Gasteiger partial charge is 0.164 e. The van der Waals surface area contributed by atoms with Crippen molar-refractivity contribution in [2.75, 3.05) is 0 Å². The number of fused-ring (bicyclic) bond motifs is 1. The number of aromatic nitrogens is 3. The molecule has 196 valence electrons. The molecular formula is C38H24N4. The van der Waals surface area contributed by atoms with Crippen LogP contribution in [-0.4, -0.2) is 15.0 Å². The second-order valence-corrected chi connectivity index (χ2v) is 9.98. The third-order valence-corrected chi connectivity index (χ3v) is 7.39. The third-order valence-electron chi connectivity index (χ3n) is 7.39. The fourth-order valence-corrected chi connectivity index (χ4v) is 5.35. The van der Waals surface area contributed by atoms with Crippen molar-refractivity contribution in [1.29, 1.82) is 5.26 Å². The summed E-state index contributed by atoms with van der Waals surface area (Å²) in [5.74, 6) is 1.86. The van der Waals surface area contributed by atoms with Crippen LogP contribution < -0.4 is 0 Å². The Morgan fingerprint density at radius 1 is 0.405 bits per heavy atom. The van der Waals surface area contributed by atoms with Crippen molar-refractivity contribution in [1.82, 2.24) is 15.0 Å². The van der Waals surface area contributed by atoms with Crippen molar-refractivity contribution in [3.8, 4) is 62.5 Å². The Kier molecular flexibility index (Phi) is 6.52. The maximum atomic E-state index is 9.35. The van der Waals surface area contributed by atoms with Gasteiger partial charge < -0.3 is 0 Å². The van der Waals surface area contributed by atoms with Gasteiger partial charge in [-0.15, -0.1) is 0 Å². The highest BCUT2D eigenvalue weighted by atomic mass is 15.0. The molecule has 0 saturated carbocycles. The van der Waals surface area contributed by atoms with E-state index in [2.05, 4.69) is 60.7 Å². The SMILES string of the molecule is N#Cc1ccc(-c2ccccc2-c2c(-c3nc(-c4ccccc4)nc(-c4ccccc4)n3)ccc3ccccc23)cc1. The molecule has 7 aromatic rings. The summed E-state index contributed by atoms with van der Waals surface area (Å²) in [6.07, 6.45) is 0. The molecule has 1 heterocycles. The lowest BCUT2D eigenvalue weighted by molar-refractivity contribution is 1.07. The zero-order valence-electron chi connectivity index (χ0n) is 22.6. The maximum absolute atomic E-state index is 9.35. The van der Waals surface area contributed by atoms with Crippen LogP contribution in [0.3, 0.4) is 0 Å². The summed E-state index contributed by atoms with van der Waals surface area (Å²) >= 11 is 0. The molecule has 0 aliphatic carbocycles. The van der Waals surface area contributed by atoms with Gasteiger partial charge in [0.25, 0.3) is 0 Å². The molecule has 0 aliphatic heterocycles. The molecule has 1 aromatic heterocycles. The van der Waals surface area contributed by atoms with Crippen LogP contribution in [0, 0.1) is 11.3 Å². The van der Waals surface area contributed by atoms with E-state index < -0.39 is 0 Å². The van der Waals surface area contributed by atoms with Crippen molar-refractivity contribution in [2.45, 2.75) is 0 Å². The van der Waals surface area contributed by atoms with Gasteiger partial charge in [0, 0.05) is 22.3 Å². The van der Waals surface area contributed by atoms with Crippen LogP contribution in [0.15, 0.2) is 146 Å². The zero-order valence-corrected chi connectivity index (χ0v) is 22.6. The molecule has 4 nitrogen and oxygen atoms in total. The molecule has 0 unspecified atom stereocenters. The van der Waals surface area contributed by atoms with E-state index in [1.165, 1.54) is 0 Å². The first-order valence-corrected chi connectivity index (χ1v) is 13.8. The Hall–Kier alpha value is -5.92. The average molecular weight is 537 g/mol. The number of nitrogens with zero attached hydrogens (tertiary/aromatic N) is 4. The fraction of sp³-hybridized carbons (Fsp3) is 0. The molecule has 42 heavy (non-hydrogen) atoms. The van der Waals surface area contributed by atoms with E-state index >= 15 is 0 Å². The summed E-state index contributed by atoms with van der Waals surface area (Å²) in [5.41, 5.74) is 7.64. The van der Waals surface area contributed by atoms with E-state index in [0.717, 1.165) is 49.7 Å². The lowest BCUT2D eigenvalue weighted by Gasteiger charge is -2.17. The van der Waals surface area contributed by atoms with E-state index in [-0.39, 0.29) is 0 Å². The molecule has 0 amide bonds. The lowest BCUT2D eigenvalue weighted by atomic mass is 9.88. The molecule has 0 fully saturated rings. The van der Waals surface area contributed by atoms with E-state index in [9.17, 15) is 5.26 Å². The van der Waals surface area contributed by atoms with Crippen LogP contribution in [0.2, 0.25) is 0 Å². The van der Waals surface area contributed by atoms with Gasteiger partial charge in [0.15, 0.2) is 17.5 Å². The van der Waals surface area contributed by atoms with Crippen LogP contribution in [0.5, 0.6) is 0 Å². The first-order valence-electron chi connectivity index (χ1n) is 13.8. The standard InChI is InChI=1S/C38H24N4/c39-25-26-19-21-28(22-20-26)31-16-9-10-18-33(31)35-32-17-8-7-11-27(32)23-24-34(35)38-41-36(29-12-3-1-4-13-29)40-37(42-38)30-14-5-2-6-15-30/h1-24H. The number of rotatable bonds is 5. The molecular weight excluding hydrogens is 512 g/mol. The monoisotopic (exact) mass is 536 g/mol. The normalized spacial score (nSPS) is 10.8. The van der Waals surface area contributed by atoms with Gasteiger partial charge in [0.05, 0.1) is 11.6 Å². The molecule has 0 atom stereocenters. The topological polar surface area (TPSA) is 62.5 Å². The first kappa shape index (κ1) is 25.1. The minimum atomic E-state index is 0.609. The lowest BCUT2D eigenvalue weighted by Crippen LogP contribution is -2.01. The molecule has 7 rings (SSSR count). The van der Waals surface area contributed by atoms with Crippen molar-refractivity contribution in [3.05, 3.63) is 151 Å². The number of nitriles is 1. The number of hydrogen-bond donors (Lipinski definition) is 0. The summed E-state index contributed by atoms with van der Waals surface area (Å²) in [6, 6.07) is 51.1. The predicted octanol–water partition coefficient (Wildman–Crippen LogP) is 9.23. The van der Waals surface area contributed by atoms with Gasteiger partial charge in [-0.3, -0.25) is 0 Å². The minimum absolute atomic E-state index is 0.609. The van der Waals surface area contributed by atoms with Crippen LogP contribution in [-0.2, 0) is 0 Å². The van der Waals surface area contributed by atoms with E-state index in [4.69, 9.17) is 15.0 Å². The molecule has 0 aliphatic rings. The van der Waals surface area contributed by atoms with Crippen molar-refractivity contribution in [3.63, 3.8) is 0 Å². The average Bonchev–Trinajstić information content (AvgIpc) is 3.08. The minimum Gasteiger partial charge on any atom is -0.208 e. The van der Waals surface area contributed by atoms with Gasteiger partial charge in [-0.1, -0.05) is 127 Å². The van der Waals surface area contributed by atoms with Gasteiger partial charge in [-0.2, -0.15) is 5.26 Å². The fourth-order valence-electron chi connectivity index (χ4n) is 5.35. The quantitative estimate of drug-likeness (QED) is 0.220. The first-order chi connectivity index (χ1) is 20.8. The van der Waals surface area contributed by atoms with E-state index in [1.54, 1.807) is 0 Å². The van der Waals surface area contributed by atoms with Gasteiger partial charge in [0.2, 0.25) is 0 Å². The Balaban J connectivity index is 1.52. The van der Waals surface area contributed by atoms with Crippen LogP contribution in [0.1, 0.15) is 5.56 Å². The van der Waals surface area contributed by atoms with Gasteiger partial charge >= 0.3 is 0 Å². The van der Waals surface area contributed by atoms with Crippen molar-refractivity contribution in [2.24, 2.45) is 0 Å². The molecule has 4 heteroatoms. The Morgan fingerprint density at radius 3 is 1.60 bits per heavy atom. The Morgan fingerprint density at radius 2 is 0.952 bits per heavy atom. The molecule has 0 N–H and O–H groups in total. The Bertz CT molecular complexity index is 2020. The van der Waals surface area contributed by atoms with Gasteiger partial charge in [-0.25, -0.2) is 15.0 Å². The molecule has 0 saturated heterocycles. The zero-order chi connectivity index (χ0) is 28.3. The highest BCUT2D eigenvalue weighted by molar-refractivity contribution is 6.06. The summed E-state index contributed by atoms with van der Waals surface area (Å²) in [5, 5.41) is 11.6. The highest BCUT2D eigenvalue weighted by Gasteiger charge is 2.19. The highest BCUT2D eigenvalue weighted by Crippen LogP contribution is 2.42. The number of hydrogen-bond acceptors (Lipinski definition) is 4. The summed E-state index contributed by atoms with van der Waals surface area (Å²) in [4.78, 5) is 15.0. The Labute approximate surface area is 244 Å². The molecule has 0 bridgehead atoms. The molecule has 0 radical (unpaired) electrons.